The number of carbonyl (C=O) groups excluding carboxylic acids is 1. The molecule has 26 heavy (non-hydrogen) atoms. The van der Waals surface area contributed by atoms with Gasteiger partial charge >= 0.3 is 6.03 Å². The van der Waals surface area contributed by atoms with Crippen molar-refractivity contribution in [2.45, 2.75) is 51.4 Å². The highest BCUT2D eigenvalue weighted by Gasteiger charge is 2.24. The molecule has 138 valence electrons. The van der Waals surface area contributed by atoms with Gasteiger partial charge in [-0.3, -0.25) is 4.98 Å². The Hall–Kier alpha value is -2.48. The highest BCUT2D eigenvalue weighted by molar-refractivity contribution is 5.74. The Bertz CT molecular complexity index is 741. The van der Waals surface area contributed by atoms with Crippen LogP contribution in [0.4, 0.5) is 4.79 Å². The molecule has 2 aromatic heterocycles. The van der Waals surface area contributed by atoms with Crippen molar-refractivity contribution in [1.29, 1.82) is 0 Å². The average Bonchev–Trinajstić information content (AvgIpc) is 3.39. The van der Waals surface area contributed by atoms with Crippen molar-refractivity contribution in [3.63, 3.8) is 0 Å². The minimum atomic E-state index is -0.124. The first-order valence-electron chi connectivity index (χ1n) is 9.25. The van der Waals surface area contributed by atoms with Gasteiger partial charge in [-0.05, 0) is 31.4 Å². The van der Waals surface area contributed by atoms with Crippen LogP contribution in [0.15, 0.2) is 24.4 Å². The normalized spacial score (nSPS) is 18.7. The van der Waals surface area contributed by atoms with E-state index < -0.39 is 0 Å². The summed E-state index contributed by atoms with van der Waals surface area (Å²) in [6.07, 6.45) is 5.94. The van der Waals surface area contributed by atoms with E-state index in [1.165, 1.54) is 0 Å². The number of aryl methyl sites for hydroxylation is 1. The minimum absolute atomic E-state index is 0.0989. The summed E-state index contributed by atoms with van der Waals surface area (Å²) in [6, 6.07) is 5.62. The summed E-state index contributed by atoms with van der Waals surface area (Å²) in [5.41, 5.74) is 0.865. The van der Waals surface area contributed by atoms with Crippen LogP contribution in [-0.2, 0) is 30.8 Å². The maximum atomic E-state index is 12.8. The summed E-state index contributed by atoms with van der Waals surface area (Å²) in [7, 11) is 0. The predicted octanol–water partition coefficient (Wildman–Crippen LogP) is 1.51. The van der Waals surface area contributed by atoms with Crippen LogP contribution in [0.25, 0.3) is 0 Å². The first kappa shape index (κ1) is 17.0. The van der Waals surface area contributed by atoms with Crippen molar-refractivity contribution >= 4 is 6.03 Å². The van der Waals surface area contributed by atoms with Crippen molar-refractivity contribution in [3.05, 3.63) is 41.7 Å². The number of urea groups is 1. The third-order valence-electron chi connectivity index (χ3n) is 4.90. The van der Waals surface area contributed by atoms with E-state index in [1.54, 1.807) is 11.1 Å². The third kappa shape index (κ3) is 3.85. The van der Waals surface area contributed by atoms with Crippen LogP contribution in [0.3, 0.4) is 0 Å². The summed E-state index contributed by atoms with van der Waals surface area (Å²) >= 11 is 0. The van der Waals surface area contributed by atoms with E-state index in [9.17, 15) is 4.79 Å². The fourth-order valence-electron chi connectivity index (χ4n) is 3.55. The van der Waals surface area contributed by atoms with Gasteiger partial charge in [0.2, 0.25) is 0 Å². The highest BCUT2D eigenvalue weighted by Crippen LogP contribution is 2.16. The molecular formula is C18H24N6O2. The molecule has 1 saturated heterocycles. The number of pyridine rings is 1. The Labute approximate surface area is 152 Å². The zero-order valence-corrected chi connectivity index (χ0v) is 14.8. The number of aromatic nitrogens is 4. The number of amides is 2. The smallest absolute Gasteiger partial charge is 0.318 e. The van der Waals surface area contributed by atoms with Crippen LogP contribution in [-0.4, -0.2) is 49.9 Å². The molecule has 0 spiro atoms. The maximum Gasteiger partial charge on any atom is 0.318 e. The third-order valence-corrected chi connectivity index (χ3v) is 4.90. The number of carbonyl (C=O) groups is 1. The molecule has 4 rings (SSSR count). The summed E-state index contributed by atoms with van der Waals surface area (Å²) in [4.78, 5) is 18.9. The van der Waals surface area contributed by atoms with Gasteiger partial charge in [-0.25, -0.2) is 4.79 Å². The van der Waals surface area contributed by atoms with Crippen LogP contribution in [0.5, 0.6) is 0 Å². The second kappa shape index (κ2) is 7.82. The van der Waals surface area contributed by atoms with Gasteiger partial charge in [0.25, 0.3) is 0 Å². The SMILES string of the molecule is O=C(NCc1nnc2n1CCC2)N(Cc1ccccn1)CC1CCCO1. The Balaban J connectivity index is 1.40. The summed E-state index contributed by atoms with van der Waals surface area (Å²) in [5.74, 6) is 1.83. The van der Waals surface area contributed by atoms with Gasteiger partial charge in [-0.15, -0.1) is 10.2 Å². The molecule has 0 radical (unpaired) electrons. The lowest BCUT2D eigenvalue weighted by molar-refractivity contribution is 0.0790. The van der Waals surface area contributed by atoms with Gasteiger partial charge in [0.15, 0.2) is 5.82 Å². The first-order chi connectivity index (χ1) is 12.8. The number of fused-ring (bicyclic) bond motifs is 1. The second-order valence-corrected chi connectivity index (χ2v) is 6.78. The van der Waals surface area contributed by atoms with Gasteiger partial charge in [-0.1, -0.05) is 6.07 Å². The summed E-state index contributed by atoms with van der Waals surface area (Å²) in [5, 5.41) is 11.4. The molecule has 1 fully saturated rings. The standard InChI is InChI=1S/C18H24N6O2/c25-18(20-11-17-22-21-16-7-3-9-24(16)17)23(13-15-6-4-10-26-15)12-14-5-1-2-8-19-14/h1-2,5,8,15H,3-4,6-7,9-13H2,(H,20,25). The Morgan fingerprint density at radius 1 is 1.35 bits per heavy atom. The lowest BCUT2D eigenvalue weighted by Crippen LogP contribution is -2.43. The van der Waals surface area contributed by atoms with E-state index in [0.717, 1.165) is 56.2 Å². The van der Waals surface area contributed by atoms with Crippen LogP contribution < -0.4 is 5.32 Å². The van der Waals surface area contributed by atoms with Gasteiger partial charge < -0.3 is 19.5 Å². The van der Waals surface area contributed by atoms with Crippen LogP contribution in [0.2, 0.25) is 0 Å². The quantitative estimate of drug-likeness (QED) is 0.848. The lowest BCUT2D eigenvalue weighted by atomic mass is 10.2. The monoisotopic (exact) mass is 356 g/mol. The Kier molecular flexibility index (Phi) is 5.10. The van der Waals surface area contributed by atoms with E-state index in [1.807, 2.05) is 18.2 Å². The number of ether oxygens (including phenoxy) is 1. The second-order valence-electron chi connectivity index (χ2n) is 6.78. The fraction of sp³-hybridized carbons (Fsp3) is 0.556. The number of hydrogen-bond donors (Lipinski definition) is 1. The van der Waals surface area contributed by atoms with E-state index in [-0.39, 0.29) is 12.1 Å². The number of nitrogens with one attached hydrogen (secondary N) is 1. The zero-order valence-electron chi connectivity index (χ0n) is 14.8. The molecule has 0 bridgehead atoms. The predicted molar refractivity (Wildman–Crippen MR) is 94.2 cm³/mol. The van der Waals surface area contributed by atoms with Gasteiger partial charge in [0.05, 0.1) is 24.9 Å². The lowest BCUT2D eigenvalue weighted by Gasteiger charge is -2.25. The summed E-state index contributed by atoms with van der Waals surface area (Å²) in [6.45, 7) is 3.12. The van der Waals surface area contributed by atoms with Gasteiger partial charge in [0, 0.05) is 32.3 Å². The highest BCUT2D eigenvalue weighted by atomic mass is 16.5. The van der Waals surface area contributed by atoms with Crippen molar-refractivity contribution in [2.75, 3.05) is 13.2 Å². The Morgan fingerprint density at radius 3 is 3.12 bits per heavy atom. The van der Waals surface area contributed by atoms with Gasteiger partial charge in [-0.2, -0.15) is 0 Å². The largest absolute Gasteiger partial charge is 0.376 e. The zero-order chi connectivity index (χ0) is 17.8. The van der Waals surface area contributed by atoms with E-state index in [2.05, 4.69) is 25.1 Å². The molecule has 4 heterocycles. The molecular weight excluding hydrogens is 332 g/mol. The molecule has 0 aliphatic carbocycles. The molecule has 1 N–H and O–H groups in total. The van der Waals surface area contributed by atoms with E-state index in [0.29, 0.717) is 19.6 Å². The van der Waals surface area contributed by atoms with Gasteiger partial charge in [0.1, 0.15) is 5.82 Å². The molecule has 8 nitrogen and oxygen atoms in total. The molecule has 1 atom stereocenters. The van der Waals surface area contributed by atoms with Crippen LogP contribution in [0, 0.1) is 0 Å². The Morgan fingerprint density at radius 2 is 2.31 bits per heavy atom. The average molecular weight is 356 g/mol. The van der Waals surface area contributed by atoms with Crippen molar-refractivity contribution in [2.24, 2.45) is 0 Å². The molecule has 2 aliphatic heterocycles. The molecule has 8 heteroatoms. The number of rotatable bonds is 6. The molecule has 2 aliphatic rings. The maximum absolute atomic E-state index is 12.8. The number of nitrogens with zero attached hydrogens (tertiary/aromatic N) is 5. The van der Waals surface area contributed by atoms with E-state index >= 15 is 0 Å². The van der Waals surface area contributed by atoms with Crippen molar-refractivity contribution in [1.82, 2.24) is 30.0 Å². The van der Waals surface area contributed by atoms with Crippen molar-refractivity contribution in [3.8, 4) is 0 Å². The summed E-state index contributed by atoms with van der Waals surface area (Å²) < 4.78 is 7.81. The van der Waals surface area contributed by atoms with Crippen LogP contribution >= 0.6 is 0 Å². The topological polar surface area (TPSA) is 85.2 Å². The van der Waals surface area contributed by atoms with Crippen molar-refractivity contribution < 1.29 is 9.53 Å². The molecule has 0 saturated carbocycles. The first-order valence-corrected chi connectivity index (χ1v) is 9.25. The van der Waals surface area contributed by atoms with Crippen LogP contribution in [0.1, 0.15) is 36.6 Å². The molecule has 2 amide bonds. The molecule has 2 aromatic rings. The fourth-order valence-corrected chi connectivity index (χ4v) is 3.55. The number of hydrogen-bond acceptors (Lipinski definition) is 5. The molecule has 1 unspecified atom stereocenters. The minimum Gasteiger partial charge on any atom is -0.376 e. The van der Waals surface area contributed by atoms with E-state index in [4.69, 9.17) is 4.74 Å². The molecule has 0 aromatic carbocycles.